The van der Waals surface area contributed by atoms with Crippen LogP contribution in [-0.2, 0) is 26.0 Å². The van der Waals surface area contributed by atoms with Crippen LogP contribution in [0.3, 0.4) is 0 Å². The summed E-state index contributed by atoms with van der Waals surface area (Å²) in [5, 5.41) is 0. The largest absolute Gasteiger partial charge is 0.341 e. The van der Waals surface area contributed by atoms with Gasteiger partial charge in [-0.3, -0.25) is 9.59 Å². The summed E-state index contributed by atoms with van der Waals surface area (Å²) in [7, 11) is -4.14. The van der Waals surface area contributed by atoms with Crippen molar-refractivity contribution in [3.63, 3.8) is 0 Å². The number of nitrogens with one attached hydrogen (secondary N) is 1. The predicted molar refractivity (Wildman–Crippen MR) is 116 cm³/mol. The molecule has 1 atom stereocenters. The number of benzene rings is 1. The molecule has 3 rings (SSSR count). The molecule has 2 saturated heterocycles. The highest BCUT2D eigenvalue weighted by Gasteiger charge is 2.32. The third-order valence-electron chi connectivity index (χ3n) is 5.89. The number of likely N-dealkylation sites (tertiary alicyclic amines) is 1. The van der Waals surface area contributed by atoms with E-state index in [-0.39, 0.29) is 48.9 Å². The van der Waals surface area contributed by atoms with E-state index in [4.69, 9.17) is 5.73 Å². The van der Waals surface area contributed by atoms with Gasteiger partial charge in [0.25, 0.3) is 6.08 Å². The first-order chi connectivity index (χ1) is 15.2. The van der Waals surface area contributed by atoms with E-state index < -0.39 is 28.1 Å². The second-order valence-electron chi connectivity index (χ2n) is 7.86. The zero-order valence-corrected chi connectivity index (χ0v) is 18.8. The van der Waals surface area contributed by atoms with Crippen LogP contribution in [0.5, 0.6) is 0 Å². The molecule has 0 radical (unpaired) electrons. The second kappa shape index (κ2) is 10.1. The average molecular weight is 471 g/mol. The molecule has 32 heavy (non-hydrogen) atoms. The number of rotatable bonds is 7. The molecule has 1 aromatic carbocycles. The van der Waals surface area contributed by atoms with Crippen molar-refractivity contribution in [1.29, 1.82) is 0 Å². The molecule has 2 aliphatic rings. The molecule has 2 amide bonds. The van der Waals surface area contributed by atoms with Gasteiger partial charge in [0.05, 0.1) is 4.90 Å². The van der Waals surface area contributed by atoms with E-state index in [2.05, 4.69) is 4.72 Å². The predicted octanol–water partition coefficient (Wildman–Crippen LogP) is 1.75. The van der Waals surface area contributed by atoms with Crippen molar-refractivity contribution in [3.8, 4) is 0 Å². The molecule has 1 aromatic rings. The van der Waals surface area contributed by atoms with Crippen LogP contribution in [0, 0.1) is 0 Å². The number of piperidine rings is 1. The number of carbonyl (C=O) groups excluding carboxylic acids is 2. The number of anilines is 1. The maximum absolute atomic E-state index is 13.2. The summed E-state index contributed by atoms with van der Waals surface area (Å²) < 4.78 is 54.3. The van der Waals surface area contributed by atoms with E-state index in [1.807, 2.05) is 0 Å². The molecular formula is C21H28F2N4O4S. The van der Waals surface area contributed by atoms with Crippen molar-refractivity contribution in [3.05, 3.63) is 35.4 Å². The zero-order valence-electron chi connectivity index (χ0n) is 17.9. The van der Waals surface area contributed by atoms with Gasteiger partial charge >= 0.3 is 0 Å². The van der Waals surface area contributed by atoms with E-state index >= 15 is 0 Å². The molecular weight excluding hydrogens is 442 g/mol. The van der Waals surface area contributed by atoms with Crippen LogP contribution in [-0.4, -0.2) is 57.4 Å². The molecule has 0 spiro atoms. The minimum Gasteiger partial charge on any atom is -0.341 e. The van der Waals surface area contributed by atoms with E-state index in [9.17, 15) is 26.8 Å². The van der Waals surface area contributed by atoms with Gasteiger partial charge in [-0.25, -0.2) is 8.42 Å². The number of hydrogen-bond donors (Lipinski definition) is 2. The Morgan fingerprint density at radius 3 is 2.41 bits per heavy atom. The molecule has 2 fully saturated rings. The van der Waals surface area contributed by atoms with E-state index in [1.54, 1.807) is 24.0 Å². The van der Waals surface area contributed by atoms with Crippen LogP contribution in [0.2, 0.25) is 0 Å². The van der Waals surface area contributed by atoms with E-state index in [0.717, 1.165) is 0 Å². The fourth-order valence-electron chi connectivity index (χ4n) is 4.17. The molecule has 3 N–H and O–H groups in total. The minimum absolute atomic E-state index is 0.00758. The summed E-state index contributed by atoms with van der Waals surface area (Å²) in [6.45, 7) is 2.21. The molecule has 0 saturated carbocycles. The maximum atomic E-state index is 13.2. The summed E-state index contributed by atoms with van der Waals surface area (Å²) >= 11 is 0. The Morgan fingerprint density at radius 2 is 1.88 bits per heavy atom. The van der Waals surface area contributed by atoms with Crippen molar-refractivity contribution >= 4 is 27.5 Å². The number of nitrogens with two attached hydrogens (primary N) is 1. The Labute approximate surface area is 186 Å². The van der Waals surface area contributed by atoms with Crippen molar-refractivity contribution < 1.29 is 26.8 Å². The molecule has 2 heterocycles. The smallest absolute Gasteiger partial charge is 0.269 e. The van der Waals surface area contributed by atoms with Gasteiger partial charge in [0, 0.05) is 38.3 Å². The van der Waals surface area contributed by atoms with Crippen LogP contribution in [0.25, 0.3) is 0 Å². The monoisotopic (exact) mass is 470 g/mol. The van der Waals surface area contributed by atoms with Gasteiger partial charge in [-0.05, 0) is 49.0 Å². The maximum Gasteiger partial charge on any atom is 0.269 e. The Balaban J connectivity index is 1.82. The molecule has 0 aromatic heterocycles. The molecule has 2 aliphatic heterocycles. The average Bonchev–Trinajstić information content (AvgIpc) is 3.22. The summed E-state index contributed by atoms with van der Waals surface area (Å²) in [5.41, 5.74) is 6.76. The Hall–Kier alpha value is -2.37. The van der Waals surface area contributed by atoms with Crippen molar-refractivity contribution in [2.45, 2.75) is 50.0 Å². The van der Waals surface area contributed by atoms with Gasteiger partial charge in [0.2, 0.25) is 21.8 Å². The highest BCUT2D eigenvalue weighted by Crippen LogP contribution is 2.31. The van der Waals surface area contributed by atoms with Crippen LogP contribution >= 0.6 is 0 Å². The summed E-state index contributed by atoms with van der Waals surface area (Å²) in [6.07, 6.45) is -0.139. The van der Waals surface area contributed by atoms with E-state index in [0.29, 0.717) is 37.1 Å². The molecule has 0 aliphatic carbocycles. The standard InChI is InChI=1S/C21H28F2N4O4S/c1-2-15-17(27-10-4-7-19(27)28)5-3-6-18(15)32(30,31)25-16(13-24)21(29)26-11-8-14(9-12-26)20(22)23/h3,5-6,16,25H,2,4,7-13,24H2,1H3/t16-/m0/s1. The van der Waals surface area contributed by atoms with Crippen molar-refractivity contribution in [2.24, 2.45) is 5.73 Å². The molecule has 0 bridgehead atoms. The number of amides is 2. The Kier molecular flexibility index (Phi) is 7.63. The van der Waals surface area contributed by atoms with Gasteiger partial charge in [-0.15, -0.1) is 0 Å². The van der Waals surface area contributed by atoms with Crippen LogP contribution in [0.4, 0.5) is 14.5 Å². The first-order valence-electron chi connectivity index (χ1n) is 10.7. The van der Waals surface area contributed by atoms with Gasteiger partial charge < -0.3 is 15.5 Å². The number of nitrogens with zero attached hydrogens (tertiary/aromatic N) is 2. The van der Waals surface area contributed by atoms with Crippen LogP contribution < -0.4 is 15.4 Å². The van der Waals surface area contributed by atoms with Gasteiger partial charge in [-0.1, -0.05) is 13.0 Å². The lowest BCUT2D eigenvalue weighted by Gasteiger charge is -2.31. The van der Waals surface area contributed by atoms with Crippen LogP contribution in [0.15, 0.2) is 34.7 Å². The topological polar surface area (TPSA) is 113 Å². The van der Waals surface area contributed by atoms with Crippen LogP contribution in [0.1, 0.15) is 38.2 Å². The summed E-state index contributed by atoms with van der Waals surface area (Å²) in [5.74, 6) is -0.598. The molecule has 0 unspecified atom stereocenters. The highest BCUT2D eigenvalue weighted by atomic mass is 32.2. The third-order valence-corrected chi connectivity index (χ3v) is 7.45. The third kappa shape index (κ3) is 5.00. The molecule has 11 heteroatoms. The lowest BCUT2D eigenvalue weighted by molar-refractivity contribution is -0.133. The number of halogens is 2. The quantitative estimate of drug-likeness (QED) is 0.631. The number of hydrogen-bond acceptors (Lipinski definition) is 5. The normalized spacial score (nSPS) is 18.2. The van der Waals surface area contributed by atoms with Crippen molar-refractivity contribution in [1.82, 2.24) is 9.62 Å². The highest BCUT2D eigenvalue weighted by molar-refractivity contribution is 7.89. The summed E-state index contributed by atoms with van der Waals surface area (Å²) in [6, 6.07) is 3.50. The fourth-order valence-corrected chi connectivity index (χ4v) is 5.70. The summed E-state index contributed by atoms with van der Waals surface area (Å²) in [4.78, 5) is 28.0. The minimum atomic E-state index is -4.14. The lowest BCUT2D eigenvalue weighted by atomic mass is 10.0. The molecule has 8 nitrogen and oxygen atoms in total. The first-order valence-corrected chi connectivity index (χ1v) is 12.1. The zero-order chi connectivity index (χ0) is 23.5. The van der Waals surface area contributed by atoms with Gasteiger partial charge in [0.1, 0.15) is 6.04 Å². The SMILES string of the molecule is CCc1c(N2CCCC2=O)cccc1S(=O)(=O)N[C@@H](CN)C(=O)N1CCC(=C(F)F)CC1. The van der Waals surface area contributed by atoms with E-state index in [1.165, 1.54) is 11.0 Å². The van der Waals surface area contributed by atoms with Crippen molar-refractivity contribution in [2.75, 3.05) is 31.1 Å². The second-order valence-corrected chi connectivity index (χ2v) is 9.54. The van der Waals surface area contributed by atoms with Gasteiger partial charge in [0.15, 0.2) is 0 Å². The fraction of sp³-hybridized carbons (Fsp3) is 0.524. The number of sulfonamides is 1. The Bertz CT molecular complexity index is 1010. The first kappa shape index (κ1) is 24.3. The Morgan fingerprint density at radius 1 is 1.19 bits per heavy atom. The lowest BCUT2D eigenvalue weighted by Crippen LogP contribution is -2.53. The molecule has 176 valence electrons. The van der Waals surface area contributed by atoms with Gasteiger partial charge in [-0.2, -0.15) is 13.5 Å². The number of carbonyl (C=O) groups is 2.